The molecule has 0 fully saturated rings. The Kier molecular flexibility index (Phi) is 4.70. The van der Waals surface area contributed by atoms with E-state index in [0.717, 1.165) is 6.42 Å². The van der Waals surface area contributed by atoms with Crippen LogP contribution in [0.2, 0.25) is 0 Å². The van der Waals surface area contributed by atoms with E-state index in [4.69, 9.17) is 0 Å². The number of hydrogen-bond donors (Lipinski definition) is 0. The van der Waals surface area contributed by atoms with Crippen LogP contribution in [0.1, 0.15) is 19.4 Å². The van der Waals surface area contributed by atoms with Gasteiger partial charge in [-0.25, -0.2) is 0 Å². The van der Waals surface area contributed by atoms with Gasteiger partial charge in [0.05, 0.1) is 0 Å². The maximum absolute atomic E-state index is 3.99. The third-order valence-corrected chi connectivity index (χ3v) is 3.74. The first-order valence-corrected chi connectivity index (χ1v) is 6.04. The molecule has 1 heteroatoms. The minimum atomic E-state index is 0.468. The summed E-state index contributed by atoms with van der Waals surface area (Å²) in [6.07, 6.45) is 2.89. The number of allylic oxidation sites excluding steroid dienone is 1. The summed E-state index contributed by atoms with van der Waals surface area (Å²) < 4.78 is 0. The van der Waals surface area contributed by atoms with Gasteiger partial charge in [0, 0.05) is 10.1 Å². The lowest BCUT2D eigenvalue weighted by Crippen LogP contribution is -1.97. The van der Waals surface area contributed by atoms with Crippen molar-refractivity contribution < 1.29 is 0 Å². The number of benzene rings is 1. The van der Waals surface area contributed by atoms with Gasteiger partial charge in [-0.15, -0.1) is 18.3 Å². The summed E-state index contributed by atoms with van der Waals surface area (Å²) in [5.74, 6) is 0. The Labute approximate surface area is 97.1 Å². The predicted molar refractivity (Wildman–Crippen MR) is 70.5 cm³/mol. The minimum absolute atomic E-state index is 0.468. The standard InChI is InChI=1S/C14H18S/c1-5-8-13-9-6-7-10-14(13)15-12(4)11(2)3/h5-7,9-10,12H,1-2,8H2,3-4H3/t12-/m1/s1. The largest absolute Gasteiger partial charge is 0.118 e. The molecule has 0 nitrogen and oxygen atoms in total. The van der Waals surface area contributed by atoms with Crippen LogP contribution >= 0.6 is 11.8 Å². The molecule has 0 aliphatic carbocycles. The van der Waals surface area contributed by atoms with Crippen LogP contribution in [-0.4, -0.2) is 5.25 Å². The number of rotatable bonds is 5. The van der Waals surface area contributed by atoms with Crippen LogP contribution in [0, 0.1) is 0 Å². The first-order valence-electron chi connectivity index (χ1n) is 5.16. The Hall–Kier alpha value is -0.950. The highest BCUT2D eigenvalue weighted by atomic mass is 32.2. The predicted octanol–water partition coefficient (Wildman–Crippen LogP) is 4.47. The molecule has 0 aromatic heterocycles. The molecular weight excluding hydrogens is 200 g/mol. The first-order chi connectivity index (χ1) is 7.15. The third-order valence-electron chi connectivity index (χ3n) is 2.33. The van der Waals surface area contributed by atoms with Crippen LogP contribution in [0.25, 0.3) is 0 Å². The average molecular weight is 218 g/mol. The van der Waals surface area contributed by atoms with E-state index in [0.29, 0.717) is 5.25 Å². The minimum Gasteiger partial charge on any atom is -0.118 e. The van der Waals surface area contributed by atoms with Crippen LogP contribution in [0.15, 0.2) is 54.0 Å². The zero-order valence-corrected chi connectivity index (χ0v) is 10.3. The van der Waals surface area contributed by atoms with E-state index < -0.39 is 0 Å². The van der Waals surface area contributed by atoms with Crippen LogP contribution in [0.4, 0.5) is 0 Å². The second-order valence-corrected chi connectivity index (χ2v) is 5.09. The van der Waals surface area contributed by atoms with Gasteiger partial charge in [-0.05, 0) is 31.9 Å². The molecule has 1 atom stereocenters. The van der Waals surface area contributed by atoms with E-state index >= 15 is 0 Å². The zero-order valence-electron chi connectivity index (χ0n) is 9.49. The van der Waals surface area contributed by atoms with Gasteiger partial charge in [-0.3, -0.25) is 0 Å². The van der Waals surface area contributed by atoms with Crippen molar-refractivity contribution in [1.29, 1.82) is 0 Å². The molecule has 1 rings (SSSR count). The van der Waals surface area contributed by atoms with Crippen molar-refractivity contribution >= 4 is 11.8 Å². The summed E-state index contributed by atoms with van der Waals surface area (Å²) in [4.78, 5) is 1.34. The fourth-order valence-electron chi connectivity index (χ4n) is 1.23. The quantitative estimate of drug-likeness (QED) is 0.519. The van der Waals surface area contributed by atoms with Crippen molar-refractivity contribution in [1.82, 2.24) is 0 Å². The highest BCUT2D eigenvalue weighted by Gasteiger charge is 2.07. The molecule has 0 aliphatic rings. The molecule has 1 aromatic rings. The van der Waals surface area contributed by atoms with Crippen molar-refractivity contribution in [2.75, 3.05) is 0 Å². The summed E-state index contributed by atoms with van der Waals surface area (Å²) in [6, 6.07) is 8.49. The van der Waals surface area contributed by atoms with E-state index in [-0.39, 0.29) is 0 Å². The monoisotopic (exact) mass is 218 g/mol. The first kappa shape index (κ1) is 12.1. The Morgan fingerprint density at radius 1 is 1.47 bits per heavy atom. The lowest BCUT2D eigenvalue weighted by atomic mass is 10.1. The summed E-state index contributed by atoms with van der Waals surface area (Å²) in [7, 11) is 0. The fourth-order valence-corrected chi connectivity index (χ4v) is 2.28. The van der Waals surface area contributed by atoms with Gasteiger partial charge >= 0.3 is 0 Å². The normalized spacial score (nSPS) is 12.1. The Bertz CT molecular complexity index is 352. The van der Waals surface area contributed by atoms with Gasteiger partial charge in [-0.1, -0.05) is 36.4 Å². The smallest absolute Gasteiger partial charge is 0.0270 e. The van der Waals surface area contributed by atoms with Crippen LogP contribution in [0.5, 0.6) is 0 Å². The lowest BCUT2D eigenvalue weighted by molar-refractivity contribution is 1.11. The molecule has 15 heavy (non-hydrogen) atoms. The summed E-state index contributed by atoms with van der Waals surface area (Å²) in [5.41, 5.74) is 2.57. The van der Waals surface area contributed by atoms with E-state index in [1.54, 1.807) is 0 Å². The molecule has 0 N–H and O–H groups in total. The molecule has 1 aromatic carbocycles. The summed E-state index contributed by atoms with van der Waals surface area (Å²) >= 11 is 1.87. The van der Waals surface area contributed by atoms with Gasteiger partial charge in [-0.2, -0.15) is 0 Å². The second kappa shape index (κ2) is 5.82. The Morgan fingerprint density at radius 2 is 2.13 bits per heavy atom. The maximum atomic E-state index is 3.99. The van der Waals surface area contributed by atoms with Crippen molar-refractivity contribution in [2.45, 2.75) is 30.4 Å². The molecule has 0 bridgehead atoms. The molecular formula is C14H18S. The highest BCUT2D eigenvalue weighted by molar-refractivity contribution is 8.00. The maximum Gasteiger partial charge on any atom is 0.0270 e. The van der Waals surface area contributed by atoms with E-state index in [9.17, 15) is 0 Å². The zero-order chi connectivity index (χ0) is 11.3. The summed E-state index contributed by atoms with van der Waals surface area (Å²) in [6.45, 7) is 12.0. The highest BCUT2D eigenvalue weighted by Crippen LogP contribution is 2.29. The van der Waals surface area contributed by atoms with Crippen molar-refractivity contribution in [3.8, 4) is 0 Å². The second-order valence-electron chi connectivity index (χ2n) is 3.71. The Balaban J connectivity index is 2.83. The lowest BCUT2D eigenvalue weighted by Gasteiger charge is -2.13. The molecule has 0 radical (unpaired) electrons. The van der Waals surface area contributed by atoms with Crippen molar-refractivity contribution in [3.63, 3.8) is 0 Å². The summed E-state index contributed by atoms with van der Waals surface area (Å²) in [5, 5.41) is 0.468. The van der Waals surface area contributed by atoms with Gasteiger partial charge in [0.1, 0.15) is 0 Å². The van der Waals surface area contributed by atoms with Gasteiger partial charge < -0.3 is 0 Å². The average Bonchev–Trinajstić information content (AvgIpc) is 2.21. The topological polar surface area (TPSA) is 0 Å². The molecule has 0 saturated heterocycles. The molecule has 0 amide bonds. The molecule has 0 unspecified atom stereocenters. The molecule has 0 aliphatic heterocycles. The van der Waals surface area contributed by atoms with E-state index in [1.807, 2.05) is 17.8 Å². The number of hydrogen-bond acceptors (Lipinski definition) is 1. The van der Waals surface area contributed by atoms with Gasteiger partial charge in [0.2, 0.25) is 0 Å². The molecule has 0 spiro atoms. The Morgan fingerprint density at radius 3 is 2.73 bits per heavy atom. The van der Waals surface area contributed by atoms with Crippen molar-refractivity contribution in [2.24, 2.45) is 0 Å². The SMILES string of the molecule is C=CCc1ccccc1S[C@H](C)C(=C)C. The van der Waals surface area contributed by atoms with Crippen LogP contribution < -0.4 is 0 Å². The van der Waals surface area contributed by atoms with Gasteiger partial charge in [0.15, 0.2) is 0 Å². The molecule has 0 heterocycles. The van der Waals surface area contributed by atoms with E-state index in [2.05, 4.69) is 51.3 Å². The number of thioether (sulfide) groups is 1. The van der Waals surface area contributed by atoms with Crippen LogP contribution in [-0.2, 0) is 6.42 Å². The fraction of sp³-hybridized carbons (Fsp3) is 0.286. The van der Waals surface area contributed by atoms with Crippen molar-refractivity contribution in [3.05, 3.63) is 54.6 Å². The van der Waals surface area contributed by atoms with Crippen LogP contribution in [0.3, 0.4) is 0 Å². The van der Waals surface area contributed by atoms with E-state index in [1.165, 1.54) is 16.0 Å². The molecule has 80 valence electrons. The third kappa shape index (κ3) is 3.60. The molecule has 0 saturated carbocycles. The van der Waals surface area contributed by atoms with Gasteiger partial charge in [0.25, 0.3) is 0 Å².